The number of ether oxygens (including phenoxy) is 3. The molecule has 1 atom stereocenters. The summed E-state index contributed by atoms with van der Waals surface area (Å²) < 4.78 is 16.7. The molecule has 0 saturated heterocycles. The molecular weight excluding hydrogens is 697 g/mol. The Morgan fingerprint density at radius 3 is 2.24 bits per heavy atom. The van der Waals surface area contributed by atoms with E-state index in [9.17, 15) is 19.2 Å². The van der Waals surface area contributed by atoms with E-state index in [1.807, 2.05) is 97.9 Å². The Hall–Kier alpha value is -6.23. The molecule has 11 nitrogen and oxygen atoms in total. The molecule has 286 valence electrons. The van der Waals surface area contributed by atoms with Gasteiger partial charge in [-0.25, -0.2) is 9.78 Å². The molecule has 2 N–H and O–H groups in total. The van der Waals surface area contributed by atoms with Crippen molar-refractivity contribution in [1.82, 2.24) is 15.6 Å². The van der Waals surface area contributed by atoms with Gasteiger partial charge in [0.1, 0.15) is 23.8 Å². The highest BCUT2D eigenvalue weighted by Gasteiger charge is 2.25. The lowest BCUT2D eigenvalue weighted by molar-refractivity contribution is -0.141. The van der Waals surface area contributed by atoms with Crippen molar-refractivity contribution >= 4 is 40.5 Å². The second kappa shape index (κ2) is 18.7. The van der Waals surface area contributed by atoms with Gasteiger partial charge in [0.05, 0.1) is 26.1 Å². The van der Waals surface area contributed by atoms with E-state index in [0.29, 0.717) is 24.4 Å². The van der Waals surface area contributed by atoms with Crippen molar-refractivity contribution in [2.45, 2.75) is 65.2 Å². The molecule has 0 spiro atoms. The lowest BCUT2D eigenvalue weighted by Crippen LogP contribution is -2.40. The molecule has 0 saturated carbocycles. The van der Waals surface area contributed by atoms with Gasteiger partial charge in [0.25, 0.3) is 0 Å². The normalized spacial score (nSPS) is 11.7. The predicted octanol–water partition coefficient (Wildman–Crippen LogP) is 7.85. The van der Waals surface area contributed by atoms with Crippen LogP contribution in [-0.2, 0) is 30.5 Å². The van der Waals surface area contributed by atoms with Crippen LogP contribution in [0, 0.1) is 6.92 Å². The average Bonchev–Trinajstić information content (AvgIpc) is 3.17. The van der Waals surface area contributed by atoms with Crippen LogP contribution in [0.1, 0.15) is 62.8 Å². The topological polar surface area (TPSA) is 136 Å². The third-order valence-corrected chi connectivity index (χ3v) is 8.70. The minimum Gasteiger partial charge on any atom is -0.488 e. The number of aryl methyl sites for hydroxylation is 1. The van der Waals surface area contributed by atoms with Crippen molar-refractivity contribution in [3.63, 3.8) is 0 Å². The third kappa shape index (κ3) is 11.6. The summed E-state index contributed by atoms with van der Waals surface area (Å²) in [5, 5.41) is 7.52. The van der Waals surface area contributed by atoms with Gasteiger partial charge in [-0.3, -0.25) is 19.3 Å². The molecule has 0 aliphatic carbocycles. The Balaban J connectivity index is 1.20. The number of nitrogens with one attached hydrogen (secondary N) is 2. The summed E-state index contributed by atoms with van der Waals surface area (Å²) in [6.07, 6.45) is 1.31. The first-order valence-electron chi connectivity index (χ1n) is 18.2. The first-order valence-corrected chi connectivity index (χ1v) is 18.2. The van der Waals surface area contributed by atoms with Crippen LogP contribution in [0.25, 0.3) is 21.9 Å². The molecule has 0 unspecified atom stereocenters. The first-order chi connectivity index (χ1) is 26.4. The summed E-state index contributed by atoms with van der Waals surface area (Å²) >= 11 is 0. The number of esters is 1. The Labute approximate surface area is 322 Å². The molecule has 0 aliphatic heterocycles. The number of rotatable bonds is 15. The molecule has 0 radical (unpaired) electrons. The van der Waals surface area contributed by atoms with Crippen LogP contribution in [0.4, 0.5) is 10.6 Å². The second-order valence-electron chi connectivity index (χ2n) is 14.2. The number of amides is 3. The molecular formula is C44H48N4O7. The highest BCUT2D eigenvalue weighted by atomic mass is 16.6. The molecule has 5 rings (SSSR count). The second-order valence-corrected chi connectivity index (χ2v) is 14.2. The number of hydrogen-bond acceptors (Lipinski definition) is 8. The van der Waals surface area contributed by atoms with Crippen molar-refractivity contribution in [2.75, 3.05) is 25.1 Å². The van der Waals surface area contributed by atoms with E-state index >= 15 is 0 Å². The lowest BCUT2D eigenvalue weighted by Gasteiger charge is -2.27. The Morgan fingerprint density at radius 2 is 1.55 bits per heavy atom. The van der Waals surface area contributed by atoms with E-state index in [2.05, 4.69) is 21.7 Å². The fourth-order valence-electron chi connectivity index (χ4n) is 5.98. The van der Waals surface area contributed by atoms with Crippen molar-refractivity contribution < 1.29 is 33.4 Å². The molecule has 3 amide bonds. The van der Waals surface area contributed by atoms with Gasteiger partial charge in [-0.1, -0.05) is 84.9 Å². The maximum Gasteiger partial charge on any atom is 0.416 e. The molecule has 0 fully saturated rings. The summed E-state index contributed by atoms with van der Waals surface area (Å²) in [6, 6.07) is 32.6. The van der Waals surface area contributed by atoms with Gasteiger partial charge in [-0.15, -0.1) is 0 Å². The molecule has 11 heteroatoms. The maximum atomic E-state index is 13.1. The Morgan fingerprint density at radius 1 is 0.836 bits per heavy atom. The summed E-state index contributed by atoms with van der Waals surface area (Å²) in [5.41, 5.74) is 3.96. The van der Waals surface area contributed by atoms with Gasteiger partial charge in [0, 0.05) is 24.5 Å². The van der Waals surface area contributed by atoms with Crippen LogP contribution >= 0.6 is 0 Å². The lowest BCUT2D eigenvalue weighted by atomic mass is 9.95. The largest absolute Gasteiger partial charge is 0.488 e. The number of nitrogens with zero attached hydrogens (tertiary/aromatic N) is 2. The van der Waals surface area contributed by atoms with Crippen molar-refractivity contribution in [1.29, 1.82) is 0 Å². The zero-order valence-electron chi connectivity index (χ0n) is 32.0. The summed E-state index contributed by atoms with van der Waals surface area (Å²) in [5.74, 6) is -0.117. The standard InChI is InChI=1S/C44H48N4O7/c1-30-23-24-45-39(26-30)48(43(52)55-44(2,3)4)25-11-16-40(49)46-28-41(50)47-37(27-42(51)53-5)33-19-17-32(18-20-33)34-21-22-38(36-15-10-9-14-35(34)36)54-29-31-12-7-6-8-13-31/h6-10,12-15,17-24,26,37H,11,16,25,27-29H2,1-5H3,(H,46,49)(H,47,50)/t37-/m0/s1. The van der Waals surface area contributed by atoms with Gasteiger partial charge in [-0.2, -0.15) is 0 Å². The van der Waals surface area contributed by atoms with Gasteiger partial charge in [0.2, 0.25) is 11.8 Å². The molecule has 1 heterocycles. The molecule has 0 aliphatic rings. The number of fused-ring (bicyclic) bond motifs is 1. The van der Waals surface area contributed by atoms with Crippen LogP contribution in [0.5, 0.6) is 5.75 Å². The number of aromatic nitrogens is 1. The van der Waals surface area contributed by atoms with Crippen molar-refractivity contribution in [2.24, 2.45) is 0 Å². The number of anilines is 1. The molecule has 0 bridgehead atoms. The van der Waals surface area contributed by atoms with Crippen molar-refractivity contribution in [3.05, 3.63) is 126 Å². The smallest absolute Gasteiger partial charge is 0.416 e. The first kappa shape index (κ1) is 40.0. The predicted molar refractivity (Wildman–Crippen MR) is 212 cm³/mol. The van der Waals surface area contributed by atoms with Crippen molar-refractivity contribution in [3.8, 4) is 16.9 Å². The van der Waals surface area contributed by atoms with E-state index in [4.69, 9.17) is 14.2 Å². The van der Waals surface area contributed by atoms with Gasteiger partial charge >= 0.3 is 12.1 Å². The number of benzene rings is 4. The van der Waals surface area contributed by atoms with Crippen LogP contribution < -0.4 is 20.3 Å². The SMILES string of the molecule is COC(=O)C[C@H](NC(=O)CNC(=O)CCCN(C(=O)OC(C)(C)C)c1cc(C)ccn1)c1ccc(-c2ccc(OCc3ccccc3)c3ccccc23)cc1. The molecule has 4 aromatic carbocycles. The number of carbonyl (C=O) groups is 4. The van der Waals surface area contributed by atoms with Gasteiger partial charge < -0.3 is 24.8 Å². The third-order valence-electron chi connectivity index (χ3n) is 8.70. The number of methoxy groups -OCH3 is 1. The zero-order valence-corrected chi connectivity index (χ0v) is 32.0. The maximum absolute atomic E-state index is 13.1. The fraction of sp³-hybridized carbons (Fsp3) is 0.295. The fourth-order valence-corrected chi connectivity index (χ4v) is 5.98. The number of carbonyl (C=O) groups excluding carboxylic acids is 4. The minimum absolute atomic E-state index is 0.0558. The van der Waals surface area contributed by atoms with E-state index < -0.39 is 29.6 Å². The highest BCUT2D eigenvalue weighted by Crippen LogP contribution is 2.35. The number of pyridine rings is 1. The summed E-state index contributed by atoms with van der Waals surface area (Å²) in [4.78, 5) is 56.9. The van der Waals surface area contributed by atoms with E-state index in [1.165, 1.54) is 12.0 Å². The zero-order chi connectivity index (χ0) is 39.4. The Kier molecular flexibility index (Phi) is 13.6. The molecule has 5 aromatic rings. The monoisotopic (exact) mass is 744 g/mol. The Bertz CT molecular complexity index is 2100. The van der Waals surface area contributed by atoms with E-state index in [1.54, 1.807) is 33.0 Å². The van der Waals surface area contributed by atoms with Crippen LogP contribution in [0.15, 0.2) is 109 Å². The average molecular weight is 745 g/mol. The van der Waals surface area contributed by atoms with Gasteiger partial charge in [0.15, 0.2) is 0 Å². The van der Waals surface area contributed by atoms with Gasteiger partial charge in [-0.05, 0) is 85.5 Å². The summed E-state index contributed by atoms with van der Waals surface area (Å²) in [7, 11) is 1.29. The van der Waals surface area contributed by atoms with Crippen LogP contribution in [-0.4, -0.2) is 54.7 Å². The summed E-state index contributed by atoms with van der Waals surface area (Å²) in [6.45, 7) is 7.58. The van der Waals surface area contributed by atoms with Crippen LogP contribution in [0.3, 0.4) is 0 Å². The minimum atomic E-state index is -0.711. The quantitative estimate of drug-likeness (QED) is 0.104. The number of hydrogen-bond donors (Lipinski definition) is 2. The highest BCUT2D eigenvalue weighted by molar-refractivity contribution is 6.00. The van der Waals surface area contributed by atoms with E-state index in [-0.39, 0.29) is 31.8 Å². The molecule has 55 heavy (non-hydrogen) atoms. The molecule has 1 aromatic heterocycles. The van der Waals surface area contributed by atoms with E-state index in [0.717, 1.165) is 38.8 Å². The van der Waals surface area contributed by atoms with Crippen LogP contribution in [0.2, 0.25) is 0 Å².